The zero-order valence-electron chi connectivity index (χ0n) is 17.2. The van der Waals surface area contributed by atoms with Crippen molar-refractivity contribution < 1.29 is 22.6 Å². The van der Waals surface area contributed by atoms with Crippen molar-refractivity contribution >= 4 is 39.8 Å². The number of rotatable bonds is 5. The van der Waals surface area contributed by atoms with Gasteiger partial charge in [-0.05, 0) is 31.5 Å². The molecule has 0 bridgehead atoms. The number of halogens is 1. The molecular weight excluding hydrogens is 497 g/mol. The van der Waals surface area contributed by atoms with Crippen LogP contribution in [0.4, 0.5) is 0 Å². The topological polar surface area (TPSA) is 89.5 Å². The Morgan fingerprint density at radius 1 is 1.18 bits per heavy atom. The van der Waals surface area contributed by atoms with Crippen LogP contribution >= 0.6 is 24.0 Å². The Morgan fingerprint density at radius 3 is 2.18 bits per heavy atom. The van der Waals surface area contributed by atoms with Gasteiger partial charge in [0.25, 0.3) is 0 Å². The molecular formula is C18H30IN3O5S. The molecule has 1 aliphatic rings. The van der Waals surface area contributed by atoms with Crippen LogP contribution in [0.1, 0.15) is 19.4 Å². The number of sulfone groups is 1. The molecule has 1 N–H and O–H groups in total. The average molecular weight is 527 g/mol. The summed E-state index contributed by atoms with van der Waals surface area (Å²) < 4.78 is 39.7. The van der Waals surface area contributed by atoms with Crippen LogP contribution in [0, 0.1) is 0 Å². The van der Waals surface area contributed by atoms with Crippen molar-refractivity contribution in [3.8, 4) is 17.2 Å². The van der Waals surface area contributed by atoms with E-state index in [-0.39, 0.29) is 29.7 Å². The van der Waals surface area contributed by atoms with Crippen molar-refractivity contribution in [3.05, 3.63) is 17.7 Å². The fourth-order valence-corrected chi connectivity index (χ4v) is 4.44. The first-order valence-corrected chi connectivity index (χ1v) is 10.3. The Bertz CT molecular complexity index is 786. The van der Waals surface area contributed by atoms with E-state index < -0.39 is 14.6 Å². The van der Waals surface area contributed by atoms with Crippen LogP contribution in [0.25, 0.3) is 0 Å². The minimum absolute atomic E-state index is 0. The predicted octanol–water partition coefficient (Wildman–Crippen LogP) is 1.91. The van der Waals surface area contributed by atoms with E-state index >= 15 is 0 Å². The summed E-state index contributed by atoms with van der Waals surface area (Å²) in [5, 5.41) is 3.29. The third-order valence-corrected chi connectivity index (χ3v) is 7.26. The van der Waals surface area contributed by atoms with Crippen molar-refractivity contribution in [2.45, 2.75) is 25.1 Å². The van der Waals surface area contributed by atoms with Gasteiger partial charge in [0.1, 0.15) is 0 Å². The van der Waals surface area contributed by atoms with Gasteiger partial charge in [-0.25, -0.2) is 8.42 Å². The number of ether oxygens (including phenoxy) is 3. The van der Waals surface area contributed by atoms with Gasteiger partial charge >= 0.3 is 0 Å². The zero-order chi connectivity index (χ0) is 20.2. The fraction of sp³-hybridized carbons (Fsp3) is 0.611. The number of guanidine groups is 1. The van der Waals surface area contributed by atoms with Gasteiger partial charge in [-0.15, -0.1) is 24.0 Å². The molecule has 0 saturated carbocycles. The van der Waals surface area contributed by atoms with E-state index in [0.29, 0.717) is 42.8 Å². The first-order chi connectivity index (χ1) is 12.7. The smallest absolute Gasteiger partial charge is 0.203 e. The molecule has 2 rings (SSSR count). The van der Waals surface area contributed by atoms with Crippen molar-refractivity contribution in [2.24, 2.45) is 4.99 Å². The summed E-state index contributed by atoms with van der Waals surface area (Å²) in [6, 6.07) is 3.73. The van der Waals surface area contributed by atoms with Gasteiger partial charge in [-0.3, -0.25) is 4.99 Å². The van der Waals surface area contributed by atoms with E-state index in [1.807, 2.05) is 17.0 Å². The van der Waals surface area contributed by atoms with Crippen LogP contribution in [-0.4, -0.2) is 71.2 Å². The normalized spacial score (nSPS) is 18.1. The summed E-state index contributed by atoms with van der Waals surface area (Å²) in [6.07, 6.45) is 0. The Morgan fingerprint density at radius 2 is 1.75 bits per heavy atom. The predicted molar refractivity (Wildman–Crippen MR) is 121 cm³/mol. The van der Waals surface area contributed by atoms with Crippen molar-refractivity contribution in [2.75, 3.05) is 47.2 Å². The van der Waals surface area contributed by atoms with Crippen LogP contribution in [0.15, 0.2) is 17.1 Å². The number of aliphatic imine (C=N–C) groups is 1. The molecule has 0 unspecified atom stereocenters. The van der Waals surface area contributed by atoms with E-state index in [9.17, 15) is 8.42 Å². The van der Waals surface area contributed by atoms with Crippen LogP contribution in [0.5, 0.6) is 17.2 Å². The summed E-state index contributed by atoms with van der Waals surface area (Å²) in [5.41, 5.74) is 0.926. The highest BCUT2D eigenvalue weighted by Gasteiger charge is 2.40. The molecule has 0 aromatic heterocycles. The monoisotopic (exact) mass is 527 g/mol. The Hall–Kier alpha value is -1.43. The lowest BCUT2D eigenvalue weighted by molar-refractivity contribution is 0.323. The SMILES string of the molecule is CN=C(NCc1cc(OC)c(OC)c(OC)c1)N1CCS(=O)(=O)C(C)(C)C1.I. The van der Waals surface area contributed by atoms with Crippen LogP contribution in [0.2, 0.25) is 0 Å². The second-order valence-electron chi connectivity index (χ2n) is 6.93. The molecule has 1 aliphatic heterocycles. The fourth-order valence-electron chi connectivity index (χ4n) is 3.08. The standard InChI is InChI=1S/C18H29N3O5S.HI/c1-18(2)12-21(7-8-27(18,22)23)17(19-3)20-11-13-9-14(24-4)16(26-6)15(10-13)25-5;/h9-10H,7-8,11-12H2,1-6H3,(H,19,20);1H. The number of nitrogens with one attached hydrogen (secondary N) is 1. The van der Waals surface area contributed by atoms with Crippen molar-refractivity contribution in [1.82, 2.24) is 10.2 Å². The third-order valence-electron chi connectivity index (χ3n) is 4.73. The molecule has 8 nitrogen and oxygen atoms in total. The molecule has 0 aliphatic carbocycles. The number of nitrogens with zero attached hydrogens (tertiary/aromatic N) is 2. The van der Waals surface area contributed by atoms with E-state index in [0.717, 1.165) is 5.56 Å². The molecule has 1 saturated heterocycles. The van der Waals surface area contributed by atoms with Gasteiger partial charge in [0.15, 0.2) is 27.3 Å². The van der Waals surface area contributed by atoms with Gasteiger partial charge in [0.2, 0.25) is 5.75 Å². The summed E-state index contributed by atoms with van der Waals surface area (Å²) in [7, 11) is 3.30. The lowest BCUT2D eigenvalue weighted by atomic mass is 10.1. The molecule has 1 aromatic rings. The summed E-state index contributed by atoms with van der Waals surface area (Å²) in [6.45, 7) is 4.79. The van der Waals surface area contributed by atoms with Crippen LogP contribution < -0.4 is 19.5 Å². The van der Waals surface area contributed by atoms with Crippen LogP contribution in [-0.2, 0) is 16.4 Å². The number of hydrogen-bond acceptors (Lipinski definition) is 6. The van der Waals surface area contributed by atoms with E-state index in [2.05, 4.69) is 10.3 Å². The van der Waals surface area contributed by atoms with E-state index in [1.165, 1.54) is 0 Å². The lowest BCUT2D eigenvalue weighted by Gasteiger charge is -2.39. The summed E-state index contributed by atoms with van der Waals surface area (Å²) >= 11 is 0. The quantitative estimate of drug-likeness (QED) is 0.356. The first-order valence-electron chi connectivity index (χ1n) is 8.66. The molecule has 1 aromatic carbocycles. The minimum Gasteiger partial charge on any atom is -0.493 e. The lowest BCUT2D eigenvalue weighted by Crippen LogP contribution is -2.57. The van der Waals surface area contributed by atoms with Gasteiger partial charge in [0.05, 0.1) is 31.8 Å². The molecule has 0 amide bonds. The second kappa shape index (κ2) is 9.86. The molecule has 10 heteroatoms. The molecule has 28 heavy (non-hydrogen) atoms. The molecule has 0 radical (unpaired) electrons. The maximum Gasteiger partial charge on any atom is 0.203 e. The van der Waals surface area contributed by atoms with Gasteiger partial charge in [-0.1, -0.05) is 0 Å². The molecule has 0 spiro atoms. The van der Waals surface area contributed by atoms with Gasteiger partial charge in [0, 0.05) is 26.7 Å². The average Bonchev–Trinajstić information content (AvgIpc) is 2.63. The van der Waals surface area contributed by atoms with Gasteiger partial charge in [-0.2, -0.15) is 0 Å². The molecule has 0 atom stereocenters. The largest absolute Gasteiger partial charge is 0.493 e. The number of hydrogen-bond donors (Lipinski definition) is 1. The highest BCUT2D eigenvalue weighted by Crippen LogP contribution is 2.38. The first kappa shape index (κ1) is 24.6. The van der Waals surface area contributed by atoms with Crippen molar-refractivity contribution in [1.29, 1.82) is 0 Å². The number of methoxy groups -OCH3 is 3. The molecule has 1 fully saturated rings. The maximum atomic E-state index is 12.2. The third kappa shape index (κ3) is 5.13. The highest BCUT2D eigenvalue weighted by atomic mass is 127. The van der Waals surface area contributed by atoms with E-state index in [1.54, 1.807) is 42.2 Å². The Balaban J connectivity index is 0.00000392. The maximum absolute atomic E-state index is 12.2. The second-order valence-corrected chi connectivity index (χ2v) is 9.68. The summed E-state index contributed by atoms with van der Waals surface area (Å²) in [5.74, 6) is 2.47. The summed E-state index contributed by atoms with van der Waals surface area (Å²) in [4.78, 5) is 6.28. The molecule has 160 valence electrons. The van der Waals surface area contributed by atoms with Crippen LogP contribution in [0.3, 0.4) is 0 Å². The van der Waals surface area contributed by atoms with Gasteiger partial charge < -0.3 is 24.4 Å². The number of benzene rings is 1. The molecule has 1 heterocycles. The van der Waals surface area contributed by atoms with Crippen molar-refractivity contribution in [3.63, 3.8) is 0 Å². The Kier molecular flexibility index (Phi) is 8.66. The minimum atomic E-state index is -3.10. The Labute approximate surface area is 184 Å². The van der Waals surface area contributed by atoms with E-state index in [4.69, 9.17) is 14.2 Å². The highest BCUT2D eigenvalue weighted by molar-refractivity contribution is 14.0. The zero-order valence-corrected chi connectivity index (χ0v) is 20.4.